The summed E-state index contributed by atoms with van der Waals surface area (Å²) in [5.74, 6) is 1.21. The van der Waals surface area contributed by atoms with Crippen LogP contribution in [0.4, 0.5) is 5.69 Å². The second-order valence-electron chi connectivity index (χ2n) is 4.76. The number of methoxy groups -OCH3 is 1. The fraction of sp³-hybridized carbons (Fsp3) is 0.188. The van der Waals surface area contributed by atoms with E-state index in [4.69, 9.17) is 9.47 Å². The minimum absolute atomic E-state index is 0.184. The molecule has 0 saturated carbocycles. The first-order valence-electron chi connectivity index (χ1n) is 6.57. The van der Waals surface area contributed by atoms with Crippen LogP contribution < -0.4 is 10.1 Å². The van der Waals surface area contributed by atoms with E-state index in [1.165, 1.54) is 7.11 Å². The van der Waals surface area contributed by atoms with E-state index >= 15 is 0 Å². The third-order valence-electron chi connectivity index (χ3n) is 3.39. The molecule has 0 spiro atoms. The van der Waals surface area contributed by atoms with Crippen LogP contribution in [0.15, 0.2) is 46.9 Å². The summed E-state index contributed by atoms with van der Waals surface area (Å²) in [6.45, 7) is 0. The fourth-order valence-corrected chi connectivity index (χ4v) is 2.70. The average molecular weight is 348 g/mol. The van der Waals surface area contributed by atoms with Crippen LogP contribution in [0.2, 0.25) is 0 Å². The predicted octanol–water partition coefficient (Wildman–Crippen LogP) is 4.27. The van der Waals surface area contributed by atoms with Crippen LogP contribution in [0.3, 0.4) is 0 Å². The van der Waals surface area contributed by atoms with Crippen LogP contribution in [-0.2, 0) is 9.53 Å². The van der Waals surface area contributed by atoms with Gasteiger partial charge >= 0.3 is 5.97 Å². The number of carbonyl (C=O) groups is 1. The molecule has 1 atom stereocenters. The lowest BCUT2D eigenvalue weighted by atomic mass is 10.0. The number of fused-ring (bicyclic) bond motifs is 2. The number of esters is 1. The second-order valence-corrected chi connectivity index (χ2v) is 5.67. The van der Waals surface area contributed by atoms with E-state index in [0.29, 0.717) is 0 Å². The molecule has 0 aromatic heterocycles. The zero-order chi connectivity index (χ0) is 14.8. The third kappa shape index (κ3) is 2.88. The zero-order valence-electron chi connectivity index (χ0n) is 11.4. The highest BCUT2D eigenvalue weighted by Gasteiger charge is 2.25. The summed E-state index contributed by atoms with van der Waals surface area (Å²) >= 11 is 3.44. The van der Waals surface area contributed by atoms with Crippen LogP contribution in [0.25, 0.3) is 0 Å². The SMILES string of the molecule is COC(=O)CC1Nc2ccc(Br)cc2Oc2ccccc21. The van der Waals surface area contributed by atoms with E-state index in [2.05, 4.69) is 21.2 Å². The summed E-state index contributed by atoms with van der Waals surface area (Å²) in [5, 5.41) is 3.36. The van der Waals surface area contributed by atoms with Crippen molar-refractivity contribution in [3.63, 3.8) is 0 Å². The maximum Gasteiger partial charge on any atom is 0.307 e. The molecule has 1 aliphatic heterocycles. The maximum atomic E-state index is 11.7. The first kappa shape index (κ1) is 13.9. The highest BCUT2D eigenvalue weighted by Crippen LogP contribution is 2.42. The number of benzene rings is 2. The molecule has 0 saturated heterocycles. The molecule has 0 bridgehead atoms. The van der Waals surface area contributed by atoms with Crippen molar-refractivity contribution in [2.45, 2.75) is 12.5 Å². The summed E-state index contributed by atoms with van der Waals surface area (Å²) in [6.07, 6.45) is 0.242. The number of rotatable bonds is 2. The second kappa shape index (κ2) is 5.77. The Hall–Kier alpha value is -2.01. The molecule has 2 aromatic rings. The fourth-order valence-electron chi connectivity index (χ4n) is 2.36. The Labute approximate surface area is 131 Å². The summed E-state index contributed by atoms with van der Waals surface area (Å²) in [7, 11) is 1.40. The summed E-state index contributed by atoms with van der Waals surface area (Å²) in [5.41, 5.74) is 1.79. The first-order chi connectivity index (χ1) is 10.2. The number of hydrogen-bond donors (Lipinski definition) is 1. The topological polar surface area (TPSA) is 47.6 Å². The molecule has 1 N–H and O–H groups in total. The molecule has 0 amide bonds. The average Bonchev–Trinajstić information content (AvgIpc) is 2.63. The van der Waals surface area contributed by atoms with Crippen molar-refractivity contribution < 1.29 is 14.3 Å². The normalized spacial score (nSPS) is 15.8. The van der Waals surface area contributed by atoms with E-state index in [9.17, 15) is 4.79 Å². The molecule has 5 heteroatoms. The van der Waals surface area contributed by atoms with E-state index in [1.807, 2.05) is 42.5 Å². The Bertz CT molecular complexity index is 687. The molecule has 3 rings (SSSR count). The van der Waals surface area contributed by atoms with Gasteiger partial charge in [-0.05, 0) is 24.3 Å². The Morgan fingerprint density at radius 1 is 1.29 bits per heavy atom. The molecule has 1 heterocycles. The molecule has 0 fully saturated rings. The standard InChI is InChI=1S/C16H14BrNO3/c1-20-16(19)9-13-11-4-2-3-5-14(11)21-15-8-10(17)6-7-12(15)18-13/h2-8,13,18H,9H2,1H3. The molecule has 4 nitrogen and oxygen atoms in total. The summed E-state index contributed by atoms with van der Waals surface area (Å²) in [6, 6.07) is 13.3. The molecule has 21 heavy (non-hydrogen) atoms. The lowest BCUT2D eigenvalue weighted by Gasteiger charge is -2.17. The monoisotopic (exact) mass is 347 g/mol. The number of ether oxygens (including phenoxy) is 2. The number of para-hydroxylation sites is 1. The third-order valence-corrected chi connectivity index (χ3v) is 3.88. The molecule has 0 aliphatic carbocycles. The summed E-state index contributed by atoms with van der Waals surface area (Å²) < 4.78 is 11.7. The van der Waals surface area contributed by atoms with Crippen molar-refractivity contribution in [1.29, 1.82) is 0 Å². The van der Waals surface area contributed by atoms with Crippen molar-refractivity contribution in [3.05, 3.63) is 52.5 Å². The molecule has 108 valence electrons. The number of hydrogen-bond acceptors (Lipinski definition) is 4. The molecular weight excluding hydrogens is 334 g/mol. The molecule has 1 unspecified atom stereocenters. The quantitative estimate of drug-likeness (QED) is 0.824. The zero-order valence-corrected chi connectivity index (χ0v) is 13.0. The minimum atomic E-state index is -0.261. The highest BCUT2D eigenvalue weighted by molar-refractivity contribution is 9.10. The van der Waals surface area contributed by atoms with Crippen molar-refractivity contribution in [2.75, 3.05) is 12.4 Å². The maximum absolute atomic E-state index is 11.7. The van der Waals surface area contributed by atoms with Gasteiger partial charge in [-0.2, -0.15) is 0 Å². The number of halogens is 1. The van der Waals surface area contributed by atoms with Crippen LogP contribution in [0, 0.1) is 0 Å². The van der Waals surface area contributed by atoms with Crippen molar-refractivity contribution >= 4 is 27.6 Å². The Morgan fingerprint density at radius 2 is 2.10 bits per heavy atom. The summed E-state index contributed by atoms with van der Waals surface area (Å²) in [4.78, 5) is 11.7. The first-order valence-corrected chi connectivity index (χ1v) is 7.36. The lowest BCUT2D eigenvalue weighted by Crippen LogP contribution is -2.15. The van der Waals surface area contributed by atoms with E-state index in [0.717, 1.165) is 27.2 Å². The smallest absolute Gasteiger partial charge is 0.307 e. The van der Waals surface area contributed by atoms with Gasteiger partial charge in [0.25, 0.3) is 0 Å². The van der Waals surface area contributed by atoms with Crippen molar-refractivity contribution in [3.8, 4) is 11.5 Å². The Kier molecular flexibility index (Phi) is 3.84. The van der Waals surface area contributed by atoms with Gasteiger partial charge < -0.3 is 14.8 Å². The van der Waals surface area contributed by atoms with E-state index in [1.54, 1.807) is 0 Å². The van der Waals surface area contributed by atoms with Gasteiger partial charge in [0.05, 0.1) is 25.3 Å². The minimum Gasteiger partial charge on any atom is -0.469 e. The van der Waals surface area contributed by atoms with Gasteiger partial charge in [-0.1, -0.05) is 34.1 Å². The number of carbonyl (C=O) groups excluding carboxylic acids is 1. The highest BCUT2D eigenvalue weighted by atomic mass is 79.9. The van der Waals surface area contributed by atoms with Gasteiger partial charge in [-0.3, -0.25) is 4.79 Å². The van der Waals surface area contributed by atoms with Gasteiger partial charge in [0.1, 0.15) is 5.75 Å². The molecule has 0 radical (unpaired) electrons. The van der Waals surface area contributed by atoms with Crippen molar-refractivity contribution in [2.24, 2.45) is 0 Å². The van der Waals surface area contributed by atoms with Crippen molar-refractivity contribution in [1.82, 2.24) is 0 Å². The molecule has 2 aromatic carbocycles. The molecule has 1 aliphatic rings. The Balaban J connectivity index is 2.05. The van der Waals surface area contributed by atoms with Gasteiger partial charge in [-0.25, -0.2) is 0 Å². The predicted molar refractivity (Wildman–Crippen MR) is 83.7 cm³/mol. The Morgan fingerprint density at radius 3 is 2.90 bits per heavy atom. The van der Waals surface area contributed by atoms with Gasteiger partial charge in [0.15, 0.2) is 5.75 Å². The van der Waals surface area contributed by atoms with Crippen LogP contribution in [-0.4, -0.2) is 13.1 Å². The largest absolute Gasteiger partial charge is 0.469 e. The van der Waals surface area contributed by atoms with Gasteiger partial charge in [-0.15, -0.1) is 0 Å². The van der Waals surface area contributed by atoms with Crippen LogP contribution in [0.1, 0.15) is 18.0 Å². The van der Waals surface area contributed by atoms with Gasteiger partial charge in [0, 0.05) is 10.0 Å². The van der Waals surface area contributed by atoms with E-state index in [-0.39, 0.29) is 18.4 Å². The number of nitrogens with one attached hydrogen (secondary N) is 1. The lowest BCUT2D eigenvalue weighted by molar-refractivity contribution is -0.140. The van der Waals surface area contributed by atoms with Crippen LogP contribution >= 0.6 is 15.9 Å². The van der Waals surface area contributed by atoms with E-state index < -0.39 is 0 Å². The molecular formula is C16H14BrNO3. The number of anilines is 1. The van der Waals surface area contributed by atoms with Gasteiger partial charge in [0.2, 0.25) is 0 Å². The van der Waals surface area contributed by atoms with Crippen LogP contribution in [0.5, 0.6) is 11.5 Å².